The van der Waals surface area contributed by atoms with Gasteiger partial charge in [-0.15, -0.1) is 0 Å². The molecule has 2 rings (SSSR count). The smallest absolute Gasteiger partial charge is 0.337 e. The Balaban J connectivity index is 2.14. The van der Waals surface area contributed by atoms with Crippen molar-refractivity contribution in [3.05, 3.63) is 28.8 Å². The summed E-state index contributed by atoms with van der Waals surface area (Å²) in [7, 11) is 0. The number of halogens is 1. The number of aromatic carboxylic acids is 1. The Bertz CT molecular complexity index is 521. The maximum absolute atomic E-state index is 12.1. The molecule has 1 aliphatic carbocycles. The third-order valence-corrected chi connectivity index (χ3v) is 3.95. The third-order valence-electron chi connectivity index (χ3n) is 3.64. The fourth-order valence-electron chi connectivity index (χ4n) is 2.16. The number of hydrogen-bond donors (Lipinski definition) is 3. The molecule has 0 atom stereocenters. The number of nitrogens with one attached hydrogen (secondary N) is 1. The number of hydrogen-bond acceptors (Lipinski definition) is 3. The van der Waals surface area contributed by atoms with E-state index in [2.05, 4.69) is 5.32 Å². The summed E-state index contributed by atoms with van der Waals surface area (Å²) < 4.78 is 0. The lowest BCUT2D eigenvalue weighted by Gasteiger charge is -2.39. The predicted octanol–water partition coefficient (Wildman–Crippen LogP) is 2.11. The van der Waals surface area contributed by atoms with E-state index in [-0.39, 0.29) is 16.5 Å². The molecule has 1 aromatic rings. The molecule has 0 aromatic heterocycles. The normalized spacial score (nSPS) is 16.5. The molecule has 0 spiro atoms. The first-order chi connectivity index (χ1) is 8.98. The Kier molecular flexibility index (Phi) is 3.78. The lowest BCUT2D eigenvalue weighted by atomic mass is 9.68. The van der Waals surface area contributed by atoms with Crippen LogP contribution in [0, 0.1) is 5.41 Å². The van der Waals surface area contributed by atoms with Crippen LogP contribution in [0.1, 0.15) is 29.6 Å². The van der Waals surface area contributed by atoms with Gasteiger partial charge in [-0.2, -0.15) is 0 Å². The summed E-state index contributed by atoms with van der Waals surface area (Å²) in [5, 5.41) is 11.7. The summed E-state index contributed by atoms with van der Waals surface area (Å²) in [5.74, 6) is -1.22. The molecule has 1 saturated carbocycles. The van der Waals surface area contributed by atoms with E-state index in [4.69, 9.17) is 22.4 Å². The zero-order valence-corrected chi connectivity index (χ0v) is 11.0. The highest BCUT2D eigenvalue weighted by Gasteiger charge is 2.42. The minimum Gasteiger partial charge on any atom is -0.478 e. The second-order valence-electron chi connectivity index (χ2n) is 4.79. The first-order valence-corrected chi connectivity index (χ1v) is 6.41. The van der Waals surface area contributed by atoms with Crippen molar-refractivity contribution < 1.29 is 14.7 Å². The van der Waals surface area contributed by atoms with Gasteiger partial charge in [-0.1, -0.05) is 18.0 Å². The van der Waals surface area contributed by atoms with E-state index in [1.165, 1.54) is 18.2 Å². The molecule has 0 bridgehead atoms. The Morgan fingerprint density at radius 3 is 2.53 bits per heavy atom. The van der Waals surface area contributed by atoms with E-state index in [1.54, 1.807) is 0 Å². The van der Waals surface area contributed by atoms with Crippen LogP contribution >= 0.6 is 11.6 Å². The minimum atomic E-state index is -1.10. The average Bonchev–Trinajstić information content (AvgIpc) is 2.27. The van der Waals surface area contributed by atoms with Gasteiger partial charge in [-0.25, -0.2) is 4.79 Å². The predicted molar refractivity (Wildman–Crippen MR) is 72.4 cm³/mol. The number of nitrogens with two attached hydrogens (primary N) is 1. The second-order valence-corrected chi connectivity index (χ2v) is 5.20. The fraction of sp³-hybridized carbons (Fsp3) is 0.385. The molecule has 0 aliphatic heterocycles. The molecular weight excluding hydrogens is 268 g/mol. The molecule has 1 aliphatic rings. The highest BCUT2D eigenvalue weighted by molar-refractivity contribution is 6.33. The molecule has 5 nitrogen and oxygen atoms in total. The van der Waals surface area contributed by atoms with Crippen LogP contribution in [0.5, 0.6) is 0 Å². The van der Waals surface area contributed by atoms with Crippen molar-refractivity contribution in [2.75, 3.05) is 11.9 Å². The quantitative estimate of drug-likeness (QED) is 0.788. The minimum absolute atomic E-state index is 0.0110. The first kappa shape index (κ1) is 13.8. The number of anilines is 1. The number of rotatable bonds is 4. The lowest BCUT2D eigenvalue weighted by molar-refractivity contribution is -0.129. The van der Waals surface area contributed by atoms with E-state index >= 15 is 0 Å². The number of amides is 1. The van der Waals surface area contributed by atoms with Crippen molar-refractivity contribution >= 4 is 29.2 Å². The maximum Gasteiger partial charge on any atom is 0.337 e. The van der Waals surface area contributed by atoms with E-state index < -0.39 is 11.4 Å². The van der Waals surface area contributed by atoms with Gasteiger partial charge in [0.15, 0.2) is 0 Å². The molecule has 0 unspecified atom stereocenters. The number of carboxylic acid groups (broad SMARTS) is 1. The molecule has 19 heavy (non-hydrogen) atoms. The zero-order chi connectivity index (χ0) is 14.0. The van der Waals surface area contributed by atoms with Gasteiger partial charge in [-0.3, -0.25) is 4.79 Å². The van der Waals surface area contributed by atoms with Gasteiger partial charge in [0, 0.05) is 12.2 Å². The Labute approximate surface area is 115 Å². The zero-order valence-electron chi connectivity index (χ0n) is 10.3. The highest BCUT2D eigenvalue weighted by atomic mass is 35.5. The molecule has 0 heterocycles. The molecule has 0 radical (unpaired) electrons. The molecule has 1 amide bonds. The first-order valence-electron chi connectivity index (χ1n) is 6.03. The number of benzene rings is 1. The molecule has 1 aromatic carbocycles. The summed E-state index contributed by atoms with van der Waals surface area (Å²) in [4.78, 5) is 23.0. The summed E-state index contributed by atoms with van der Waals surface area (Å²) in [6, 6.07) is 4.33. The van der Waals surface area contributed by atoms with Crippen molar-refractivity contribution in [3.63, 3.8) is 0 Å². The van der Waals surface area contributed by atoms with Gasteiger partial charge in [0.05, 0.1) is 16.0 Å². The summed E-state index contributed by atoms with van der Waals surface area (Å²) in [6.07, 6.45) is 2.58. The molecule has 0 saturated heterocycles. The van der Waals surface area contributed by atoms with Gasteiger partial charge in [-0.05, 0) is 31.0 Å². The van der Waals surface area contributed by atoms with Crippen molar-refractivity contribution in [1.29, 1.82) is 0 Å². The van der Waals surface area contributed by atoms with Gasteiger partial charge in [0.2, 0.25) is 5.91 Å². The van der Waals surface area contributed by atoms with Gasteiger partial charge < -0.3 is 16.2 Å². The van der Waals surface area contributed by atoms with Gasteiger partial charge in [0.1, 0.15) is 0 Å². The molecule has 6 heteroatoms. The standard InChI is InChI=1S/C13H15ClN2O3/c14-10-6-8(2-3-9(10)11(17)18)16-12(19)13(7-15)4-1-5-13/h2-3,6H,1,4-5,7,15H2,(H,16,19)(H,17,18). The summed E-state index contributed by atoms with van der Waals surface area (Å²) in [5.41, 5.74) is 5.68. The van der Waals surface area contributed by atoms with E-state index in [0.29, 0.717) is 12.2 Å². The van der Waals surface area contributed by atoms with Crippen LogP contribution in [-0.2, 0) is 4.79 Å². The number of carbonyl (C=O) groups is 2. The van der Waals surface area contributed by atoms with Crippen LogP contribution in [0.2, 0.25) is 5.02 Å². The molecule has 1 fully saturated rings. The topological polar surface area (TPSA) is 92.4 Å². The maximum atomic E-state index is 12.1. The molecular formula is C13H15ClN2O3. The summed E-state index contributed by atoms with van der Waals surface area (Å²) >= 11 is 5.85. The summed E-state index contributed by atoms with van der Waals surface area (Å²) in [6.45, 7) is 0.319. The lowest BCUT2D eigenvalue weighted by Crippen LogP contribution is -2.47. The van der Waals surface area contributed by atoms with Crippen LogP contribution in [0.15, 0.2) is 18.2 Å². The van der Waals surface area contributed by atoms with E-state index in [1.807, 2.05) is 0 Å². The largest absolute Gasteiger partial charge is 0.478 e. The Morgan fingerprint density at radius 1 is 1.42 bits per heavy atom. The van der Waals surface area contributed by atoms with E-state index in [0.717, 1.165) is 19.3 Å². The highest BCUT2D eigenvalue weighted by Crippen LogP contribution is 2.40. The van der Waals surface area contributed by atoms with Gasteiger partial charge >= 0.3 is 5.97 Å². The van der Waals surface area contributed by atoms with Crippen LogP contribution in [-0.4, -0.2) is 23.5 Å². The molecule has 102 valence electrons. The van der Waals surface area contributed by atoms with Crippen molar-refractivity contribution in [2.45, 2.75) is 19.3 Å². The number of carboxylic acids is 1. The second kappa shape index (κ2) is 5.19. The average molecular weight is 283 g/mol. The van der Waals surface area contributed by atoms with Crippen molar-refractivity contribution in [1.82, 2.24) is 0 Å². The van der Waals surface area contributed by atoms with E-state index in [9.17, 15) is 9.59 Å². The Morgan fingerprint density at radius 2 is 2.11 bits per heavy atom. The van der Waals surface area contributed by atoms with Crippen LogP contribution < -0.4 is 11.1 Å². The monoisotopic (exact) mass is 282 g/mol. The van der Waals surface area contributed by atoms with Crippen LogP contribution in [0.3, 0.4) is 0 Å². The fourth-order valence-corrected chi connectivity index (χ4v) is 2.42. The Hall–Kier alpha value is -1.59. The van der Waals surface area contributed by atoms with Crippen LogP contribution in [0.4, 0.5) is 5.69 Å². The van der Waals surface area contributed by atoms with Gasteiger partial charge in [0.25, 0.3) is 0 Å². The SMILES string of the molecule is NCC1(C(=O)Nc2ccc(C(=O)O)c(Cl)c2)CCC1. The van der Waals surface area contributed by atoms with Crippen LogP contribution in [0.25, 0.3) is 0 Å². The third kappa shape index (κ3) is 2.57. The van der Waals surface area contributed by atoms with Crippen molar-refractivity contribution in [3.8, 4) is 0 Å². The van der Waals surface area contributed by atoms with Crippen molar-refractivity contribution in [2.24, 2.45) is 11.1 Å². The number of carbonyl (C=O) groups excluding carboxylic acids is 1. The molecule has 4 N–H and O–H groups in total.